The van der Waals surface area contributed by atoms with E-state index in [0.29, 0.717) is 11.3 Å². The number of aromatic carboxylic acids is 1. The maximum Gasteiger partial charge on any atom is 0.336 e. The van der Waals surface area contributed by atoms with Gasteiger partial charge in [-0.25, -0.2) is 4.79 Å². The first-order valence-electron chi connectivity index (χ1n) is 5.28. The molecule has 6 nitrogen and oxygen atoms in total. The third kappa shape index (κ3) is 3.89. The maximum absolute atomic E-state index is 11.4. The zero-order valence-corrected chi connectivity index (χ0v) is 10.1. The topological polar surface area (TPSA) is 95.5 Å². The molecule has 18 heavy (non-hydrogen) atoms. The Balaban J connectivity index is 2.73. The highest BCUT2D eigenvalue weighted by molar-refractivity contribution is 5.96. The maximum atomic E-state index is 11.4. The molecule has 0 bridgehead atoms. The summed E-state index contributed by atoms with van der Waals surface area (Å²) in [5.41, 5.74) is 1.13. The fourth-order valence-electron chi connectivity index (χ4n) is 1.34. The molecule has 6 heteroatoms. The summed E-state index contributed by atoms with van der Waals surface area (Å²) < 4.78 is 0. The lowest BCUT2D eigenvalue weighted by molar-refractivity contribution is -0.122. The van der Waals surface area contributed by atoms with Crippen molar-refractivity contribution in [3.8, 4) is 0 Å². The summed E-state index contributed by atoms with van der Waals surface area (Å²) >= 11 is 0. The lowest BCUT2D eigenvalue weighted by Crippen LogP contribution is -2.31. The quantitative estimate of drug-likeness (QED) is 0.735. The van der Waals surface area contributed by atoms with Crippen molar-refractivity contribution < 1.29 is 19.5 Å². The van der Waals surface area contributed by atoms with E-state index in [1.165, 1.54) is 13.0 Å². The Labute approximate surface area is 104 Å². The van der Waals surface area contributed by atoms with Gasteiger partial charge in [0.25, 0.3) is 0 Å². The van der Waals surface area contributed by atoms with E-state index >= 15 is 0 Å². The van der Waals surface area contributed by atoms with E-state index in [9.17, 15) is 14.4 Å². The van der Waals surface area contributed by atoms with Gasteiger partial charge in [0.05, 0.1) is 12.1 Å². The van der Waals surface area contributed by atoms with Gasteiger partial charge in [-0.3, -0.25) is 9.59 Å². The Hall–Kier alpha value is -2.37. The van der Waals surface area contributed by atoms with Crippen molar-refractivity contribution in [3.05, 3.63) is 29.3 Å². The van der Waals surface area contributed by atoms with Gasteiger partial charge in [-0.15, -0.1) is 0 Å². The Morgan fingerprint density at radius 3 is 2.50 bits per heavy atom. The van der Waals surface area contributed by atoms with Crippen molar-refractivity contribution in [2.24, 2.45) is 0 Å². The molecule has 0 aliphatic carbocycles. The number of benzene rings is 1. The number of carbonyl (C=O) groups is 3. The van der Waals surface area contributed by atoms with Gasteiger partial charge in [0.2, 0.25) is 11.8 Å². The number of carboxylic acids is 1. The third-order valence-corrected chi connectivity index (χ3v) is 2.25. The minimum Gasteiger partial charge on any atom is -0.478 e. The lowest BCUT2D eigenvalue weighted by Gasteiger charge is -2.08. The molecule has 0 aliphatic heterocycles. The predicted molar refractivity (Wildman–Crippen MR) is 65.5 cm³/mol. The van der Waals surface area contributed by atoms with Crippen LogP contribution in [-0.4, -0.2) is 29.4 Å². The highest BCUT2D eigenvalue weighted by Gasteiger charge is 2.09. The molecule has 0 saturated carbocycles. The fraction of sp³-hybridized carbons (Fsp3) is 0.250. The number of hydrogen-bond donors (Lipinski definition) is 3. The number of amides is 2. The van der Waals surface area contributed by atoms with Gasteiger partial charge in [-0.1, -0.05) is 6.07 Å². The highest BCUT2D eigenvalue weighted by Crippen LogP contribution is 2.15. The van der Waals surface area contributed by atoms with E-state index in [1.54, 1.807) is 19.1 Å². The monoisotopic (exact) mass is 250 g/mol. The number of nitrogens with one attached hydrogen (secondary N) is 2. The largest absolute Gasteiger partial charge is 0.478 e. The second-order valence-electron chi connectivity index (χ2n) is 3.79. The molecule has 0 aliphatic rings. The van der Waals surface area contributed by atoms with Crippen molar-refractivity contribution >= 4 is 23.5 Å². The summed E-state index contributed by atoms with van der Waals surface area (Å²) in [7, 11) is 0. The smallest absolute Gasteiger partial charge is 0.336 e. The molecule has 0 spiro atoms. The highest BCUT2D eigenvalue weighted by atomic mass is 16.4. The summed E-state index contributed by atoms with van der Waals surface area (Å²) in [5.74, 6) is -1.77. The Bertz CT molecular complexity index is 497. The van der Waals surface area contributed by atoms with E-state index < -0.39 is 11.9 Å². The first-order valence-corrected chi connectivity index (χ1v) is 5.28. The van der Waals surface area contributed by atoms with Crippen LogP contribution in [0.5, 0.6) is 0 Å². The van der Waals surface area contributed by atoms with Crippen LogP contribution in [0.4, 0.5) is 5.69 Å². The van der Waals surface area contributed by atoms with Gasteiger partial charge < -0.3 is 15.7 Å². The first-order chi connectivity index (χ1) is 8.40. The summed E-state index contributed by atoms with van der Waals surface area (Å²) in [6.07, 6.45) is 0. The molecular formula is C12H14N2O4. The van der Waals surface area contributed by atoms with Crippen molar-refractivity contribution in [2.45, 2.75) is 13.8 Å². The third-order valence-electron chi connectivity index (χ3n) is 2.25. The molecule has 0 fully saturated rings. The van der Waals surface area contributed by atoms with Crippen LogP contribution in [0.3, 0.4) is 0 Å². The average Bonchev–Trinajstić information content (AvgIpc) is 2.28. The molecular weight excluding hydrogens is 236 g/mol. The number of carboxylic acid groups (broad SMARTS) is 1. The Morgan fingerprint density at radius 2 is 1.94 bits per heavy atom. The number of aryl methyl sites for hydroxylation is 1. The predicted octanol–water partition coefficient (Wildman–Crippen LogP) is 0.768. The molecule has 0 unspecified atom stereocenters. The van der Waals surface area contributed by atoms with Gasteiger partial charge in [-0.05, 0) is 24.6 Å². The minimum absolute atomic E-state index is 0.132. The standard InChI is InChI=1S/C12H14N2O4/c1-7-3-4-9(5-10(7)12(17)18)14-11(16)6-13-8(2)15/h3-5H,6H2,1-2H3,(H,13,15)(H,14,16)(H,17,18). The van der Waals surface area contributed by atoms with Crippen LogP contribution in [0.1, 0.15) is 22.8 Å². The van der Waals surface area contributed by atoms with Gasteiger partial charge in [-0.2, -0.15) is 0 Å². The van der Waals surface area contributed by atoms with E-state index in [1.807, 2.05) is 0 Å². The van der Waals surface area contributed by atoms with Gasteiger partial charge >= 0.3 is 5.97 Å². The number of anilines is 1. The molecule has 1 aromatic carbocycles. The molecule has 1 rings (SSSR count). The van der Waals surface area contributed by atoms with Gasteiger partial charge in [0.15, 0.2) is 0 Å². The van der Waals surface area contributed by atoms with E-state index in [2.05, 4.69) is 10.6 Å². The lowest BCUT2D eigenvalue weighted by atomic mass is 10.1. The average molecular weight is 250 g/mol. The van der Waals surface area contributed by atoms with Gasteiger partial charge in [0.1, 0.15) is 0 Å². The van der Waals surface area contributed by atoms with Crippen LogP contribution in [0.25, 0.3) is 0 Å². The zero-order chi connectivity index (χ0) is 13.7. The summed E-state index contributed by atoms with van der Waals surface area (Å²) in [6, 6.07) is 4.59. The number of hydrogen-bond acceptors (Lipinski definition) is 3. The van der Waals surface area contributed by atoms with Gasteiger partial charge in [0, 0.05) is 12.6 Å². The van der Waals surface area contributed by atoms with Crippen LogP contribution in [0.2, 0.25) is 0 Å². The Kier molecular flexibility index (Phi) is 4.42. The van der Waals surface area contributed by atoms with Crippen LogP contribution in [-0.2, 0) is 9.59 Å². The van der Waals surface area contributed by atoms with E-state index in [0.717, 1.165) is 0 Å². The summed E-state index contributed by atoms with van der Waals surface area (Å²) in [4.78, 5) is 32.9. The van der Waals surface area contributed by atoms with Crippen LogP contribution >= 0.6 is 0 Å². The normalized spacial score (nSPS) is 9.67. The van der Waals surface area contributed by atoms with E-state index in [4.69, 9.17) is 5.11 Å². The molecule has 0 aromatic heterocycles. The molecule has 0 heterocycles. The Morgan fingerprint density at radius 1 is 1.28 bits per heavy atom. The molecule has 1 aromatic rings. The summed E-state index contributed by atoms with van der Waals surface area (Å²) in [6.45, 7) is 2.83. The molecule has 2 amide bonds. The van der Waals surface area contributed by atoms with Crippen molar-refractivity contribution in [2.75, 3.05) is 11.9 Å². The second kappa shape index (κ2) is 5.81. The van der Waals surface area contributed by atoms with Crippen molar-refractivity contribution in [3.63, 3.8) is 0 Å². The van der Waals surface area contributed by atoms with Crippen molar-refractivity contribution in [1.29, 1.82) is 0 Å². The SMILES string of the molecule is CC(=O)NCC(=O)Nc1ccc(C)c(C(=O)O)c1. The van der Waals surface area contributed by atoms with Crippen LogP contribution < -0.4 is 10.6 Å². The molecule has 0 atom stereocenters. The fourth-order valence-corrected chi connectivity index (χ4v) is 1.34. The zero-order valence-electron chi connectivity index (χ0n) is 10.1. The van der Waals surface area contributed by atoms with Crippen LogP contribution in [0.15, 0.2) is 18.2 Å². The van der Waals surface area contributed by atoms with E-state index in [-0.39, 0.29) is 18.0 Å². The molecule has 0 radical (unpaired) electrons. The van der Waals surface area contributed by atoms with Crippen molar-refractivity contribution in [1.82, 2.24) is 5.32 Å². The number of rotatable bonds is 4. The van der Waals surface area contributed by atoms with Crippen LogP contribution in [0, 0.1) is 6.92 Å². The first kappa shape index (κ1) is 13.7. The second-order valence-corrected chi connectivity index (χ2v) is 3.79. The molecule has 3 N–H and O–H groups in total. The molecule has 96 valence electrons. The number of carbonyl (C=O) groups excluding carboxylic acids is 2. The summed E-state index contributed by atoms with van der Waals surface area (Å²) in [5, 5.41) is 13.8. The minimum atomic E-state index is -1.05. The molecule has 0 saturated heterocycles.